The molecule has 1 saturated heterocycles. The molecule has 1 N–H and O–H groups in total. The Balaban J connectivity index is 1.23. The van der Waals surface area contributed by atoms with Crippen LogP contribution in [0, 0.1) is 11.3 Å². The molecule has 2 aliphatic rings. The number of fused-ring (bicyclic) bond motifs is 1. The molecule has 1 aliphatic heterocycles. The van der Waals surface area contributed by atoms with E-state index in [1.54, 1.807) is 17.1 Å². The second kappa shape index (κ2) is 8.00. The van der Waals surface area contributed by atoms with E-state index in [0.717, 1.165) is 60.8 Å². The molecular weight excluding hydrogens is 395 g/mol. The SMILES string of the molecule is Cn1cc(-c2cnc3cnc(NC(=O)C4CC5(CCN(CCF)CC5)C4)cc3c2)cn1. The van der Waals surface area contributed by atoms with Gasteiger partial charge in [-0.15, -0.1) is 0 Å². The lowest BCUT2D eigenvalue weighted by atomic mass is 9.57. The fourth-order valence-electron chi connectivity index (χ4n) is 5.01. The smallest absolute Gasteiger partial charge is 0.228 e. The summed E-state index contributed by atoms with van der Waals surface area (Å²) >= 11 is 0. The largest absolute Gasteiger partial charge is 0.310 e. The number of aromatic nitrogens is 4. The minimum atomic E-state index is -0.282. The average Bonchev–Trinajstić information content (AvgIpc) is 3.19. The lowest BCUT2D eigenvalue weighted by Crippen LogP contribution is -2.50. The number of amides is 1. The normalized spacial score (nSPS) is 18.9. The number of likely N-dealkylation sites (tertiary alicyclic amines) is 1. The predicted octanol–water partition coefficient (Wildman–Crippen LogP) is 3.43. The van der Waals surface area contributed by atoms with Crippen LogP contribution in [-0.2, 0) is 11.8 Å². The summed E-state index contributed by atoms with van der Waals surface area (Å²) in [6, 6.07) is 3.92. The number of carbonyl (C=O) groups excluding carboxylic acids is 1. The Morgan fingerprint density at radius 1 is 1.16 bits per heavy atom. The van der Waals surface area contributed by atoms with Crippen LogP contribution in [0.5, 0.6) is 0 Å². The zero-order valence-electron chi connectivity index (χ0n) is 17.7. The molecule has 0 bridgehead atoms. The van der Waals surface area contributed by atoms with Crippen molar-refractivity contribution in [1.82, 2.24) is 24.6 Å². The summed E-state index contributed by atoms with van der Waals surface area (Å²) in [6.45, 7) is 2.13. The van der Waals surface area contributed by atoms with E-state index in [1.165, 1.54) is 0 Å². The highest BCUT2D eigenvalue weighted by Gasteiger charge is 2.48. The number of piperidine rings is 1. The van der Waals surface area contributed by atoms with E-state index < -0.39 is 0 Å². The van der Waals surface area contributed by atoms with Crippen LogP contribution in [0.4, 0.5) is 10.2 Å². The van der Waals surface area contributed by atoms with Crippen molar-refractivity contribution < 1.29 is 9.18 Å². The van der Waals surface area contributed by atoms with Crippen LogP contribution >= 0.6 is 0 Å². The standard InChI is InChI=1S/C23H27FN6O/c1-29-15-19(13-27-29)17-8-16-9-21(26-14-20(16)25-12-17)28-22(31)18-10-23(11-18)2-5-30(6-3-23)7-4-24/h8-9,12-15,18H,2-7,10-11H2,1H3,(H,26,28,31). The van der Waals surface area contributed by atoms with E-state index in [9.17, 15) is 9.18 Å². The number of rotatable bonds is 5. The van der Waals surface area contributed by atoms with Gasteiger partial charge in [-0.1, -0.05) is 0 Å². The van der Waals surface area contributed by atoms with Crippen LogP contribution in [-0.4, -0.2) is 56.9 Å². The molecule has 2 fully saturated rings. The maximum absolute atomic E-state index is 12.8. The molecule has 3 aromatic heterocycles. The van der Waals surface area contributed by atoms with Gasteiger partial charge < -0.3 is 10.2 Å². The van der Waals surface area contributed by atoms with Gasteiger partial charge in [0.15, 0.2) is 0 Å². The summed E-state index contributed by atoms with van der Waals surface area (Å²) in [6.07, 6.45) is 11.2. The van der Waals surface area contributed by atoms with E-state index >= 15 is 0 Å². The third kappa shape index (κ3) is 4.04. The number of carbonyl (C=O) groups is 1. The lowest BCUT2D eigenvalue weighted by molar-refractivity contribution is -0.129. The molecule has 0 atom stereocenters. The summed E-state index contributed by atoms with van der Waals surface area (Å²) in [5, 5.41) is 8.14. The van der Waals surface area contributed by atoms with Gasteiger partial charge in [-0.2, -0.15) is 5.10 Å². The average molecular weight is 423 g/mol. The first-order valence-electron chi connectivity index (χ1n) is 10.9. The van der Waals surface area contributed by atoms with E-state index in [-0.39, 0.29) is 23.9 Å². The lowest BCUT2D eigenvalue weighted by Gasteiger charge is -2.51. The molecule has 1 amide bonds. The number of hydrogen-bond acceptors (Lipinski definition) is 5. The van der Waals surface area contributed by atoms with Crippen molar-refractivity contribution in [3.63, 3.8) is 0 Å². The minimum Gasteiger partial charge on any atom is -0.310 e. The van der Waals surface area contributed by atoms with Gasteiger partial charge in [-0.05, 0) is 56.3 Å². The van der Waals surface area contributed by atoms with Gasteiger partial charge in [-0.25, -0.2) is 9.37 Å². The fourth-order valence-corrected chi connectivity index (χ4v) is 5.01. The summed E-state index contributed by atoms with van der Waals surface area (Å²) in [4.78, 5) is 23.8. The Labute approximate surface area is 180 Å². The highest BCUT2D eigenvalue weighted by atomic mass is 19.1. The van der Waals surface area contributed by atoms with Gasteiger partial charge in [0.1, 0.15) is 12.5 Å². The van der Waals surface area contributed by atoms with Crippen LogP contribution < -0.4 is 5.32 Å². The van der Waals surface area contributed by atoms with Crippen LogP contribution in [0.25, 0.3) is 22.0 Å². The summed E-state index contributed by atoms with van der Waals surface area (Å²) in [5.74, 6) is 0.631. The molecule has 5 rings (SSSR count). The monoisotopic (exact) mass is 422 g/mol. The van der Waals surface area contributed by atoms with Crippen LogP contribution in [0.2, 0.25) is 0 Å². The summed E-state index contributed by atoms with van der Waals surface area (Å²) < 4.78 is 14.3. The van der Waals surface area contributed by atoms with E-state index in [1.807, 2.05) is 31.6 Å². The molecule has 1 spiro atoms. The van der Waals surface area contributed by atoms with Crippen molar-refractivity contribution >= 4 is 22.6 Å². The van der Waals surface area contributed by atoms with Crippen LogP contribution in [0.15, 0.2) is 36.9 Å². The maximum atomic E-state index is 12.8. The number of aryl methyl sites for hydroxylation is 1. The zero-order valence-corrected chi connectivity index (χ0v) is 17.7. The number of alkyl halides is 1. The molecule has 1 aliphatic carbocycles. The second-order valence-corrected chi connectivity index (χ2v) is 9.01. The quantitative estimate of drug-likeness (QED) is 0.682. The van der Waals surface area contributed by atoms with Gasteiger partial charge >= 0.3 is 0 Å². The highest BCUT2D eigenvalue weighted by molar-refractivity contribution is 5.94. The first-order valence-corrected chi connectivity index (χ1v) is 10.9. The van der Waals surface area contributed by atoms with Gasteiger partial charge in [-0.3, -0.25) is 14.5 Å². The van der Waals surface area contributed by atoms with E-state index in [2.05, 4.69) is 25.3 Å². The van der Waals surface area contributed by atoms with Gasteiger partial charge in [0, 0.05) is 48.4 Å². The molecule has 3 aromatic rings. The Morgan fingerprint density at radius 2 is 1.97 bits per heavy atom. The molecule has 0 unspecified atom stereocenters. The van der Waals surface area contributed by atoms with Crippen molar-refractivity contribution in [2.45, 2.75) is 25.7 Å². The first-order chi connectivity index (χ1) is 15.0. The molecule has 7 nitrogen and oxygen atoms in total. The predicted molar refractivity (Wildman–Crippen MR) is 117 cm³/mol. The molecule has 162 valence electrons. The number of nitrogens with zero attached hydrogens (tertiary/aromatic N) is 5. The highest BCUT2D eigenvalue weighted by Crippen LogP contribution is 2.52. The molecular formula is C23H27FN6O. The molecule has 0 aromatic carbocycles. The third-order valence-corrected chi connectivity index (χ3v) is 6.90. The van der Waals surface area contributed by atoms with E-state index in [4.69, 9.17) is 0 Å². The van der Waals surface area contributed by atoms with Crippen molar-refractivity contribution in [2.24, 2.45) is 18.4 Å². The molecule has 8 heteroatoms. The molecule has 31 heavy (non-hydrogen) atoms. The Kier molecular flexibility index (Phi) is 5.17. The Hall–Kier alpha value is -2.87. The van der Waals surface area contributed by atoms with Gasteiger partial charge in [0.05, 0.1) is 17.9 Å². The fraction of sp³-hybridized carbons (Fsp3) is 0.478. The number of anilines is 1. The second-order valence-electron chi connectivity index (χ2n) is 9.01. The molecule has 0 radical (unpaired) electrons. The van der Waals surface area contributed by atoms with Gasteiger partial charge in [0.25, 0.3) is 0 Å². The van der Waals surface area contributed by atoms with Crippen molar-refractivity contribution in [2.75, 3.05) is 31.6 Å². The Morgan fingerprint density at radius 3 is 2.68 bits per heavy atom. The summed E-state index contributed by atoms with van der Waals surface area (Å²) in [5.41, 5.74) is 3.03. The minimum absolute atomic E-state index is 0.0325. The first kappa shape index (κ1) is 20.1. The third-order valence-electron chi connectivity index (χ3n) is 6.90. The number of pyridine rings is 2. The van der Waals surface area contributed by atoms with Crippen molar-refractivity contribution in [3.8, 4) is 11.1 Å². The maximum Gasteiger partial charge on any atom is 0.228 e. The van der Waals surface area contributed by atoms with Crippen LogP contribution in [0.3, 0.4) is 0 Å². The molecule has 4 heterocycles. The zero-order chi connectivity index (χ0) is 21.4. The van der Waals surface area contributed by atoms with Gasteiger partial charge in [0.2, 0.25) is 5.91 Å². The number of halogens is 1. The number of nitrogens with one attached hydrogen (secondary N) is 1. The Bertz CT molecular complexity index is 1100. The van der Waals surface area contributed by atoms with Crippen LogP contribution in [0.1, 0.15) is 25.7 Å². The van der Waals surface area contributed by atoms with Crippen molar-refractivity contribution in [3.05, 3.63) is 36.9 Å². The summed E-state index contributed by atoms with van der Waals surface area (Å²) in [7, 11) is 1.88. The molecule has 1 saturated carbocycles. The van der Waals surface area contributed by atoms with Crippen molar-refractivity contribution in [1.29, 1.82) is 0 Å². The number of hydrogen-bond donors (Lipinski definition) is 1. The topological polar surface area (TPSA) is 75.9 Å². The van der Waals surface area contributed by atoms with E-state index in [0.29, 0.717) is 12.4 Å².